The molecule has 0 aliphatic carbocycles. The van der Waals surface area contributed by atoms with Crippen molar-refractivity contribution in [1.29, 1.82) is 0 Å². The highest BCUT2D eigenvalue weighted by Crippen LogP contribution is 2.36. The van der Waals surface area contributed by atoms with E-state index in [-0.39, 0.29) is 5.91 Å². The molecule has 0 bridgehead atoms. The average molecular weight is 392 g/mol. The smallest absolute Gasteiger partial charge is 0.257 e. The zero-order chi connectivity index (χ0) is 20.0. The van der Waals surface area contributed by atoms with Gasteiger partial charge in [-0.3, -0.25) is 4.79 Å². The average Bonchev–Trinajstić information content (AvgIpc) is 3.15. The summed E-state index contributed by atoms with van der Waals surface area (Å²) in [6.07, 6.45) is 0. The lowest BCUT2D eigenvalue weighted by Crippen LogP contribution is -2.18. The van der Waals surface area contributed by atoms with Crippen LogP contribution in [0.3, 0.4) is 0 Å². The van der Waals surface area contributed by atoms with Gasteiger partial charge in [-0.05, 0) is 69.0 Å². The van der Waals surface area contributed by atoms with Crippen molar-refractivity contribution in [2.75, 3.05) is 5.32 Å². The molecule has 28 heavy (non-hydrogen) atoms. The van der Waals surface area contributed by atoms with Crippen LogP contribution in [0.15, 0.2) is 30.3 Å². The van der Waals surface area contributed by atoms with Crippen LogP contribution in [0.1, 0.15) is 49.4 Å². The van der Waals surface area contributed by atoms with E-state index in [4.69, 9.17) is 5.10 Å². The fraction of sp³-hybridized carbons (Fsp3) is 0.304. The molecule has 1 N–H and O–H groups in total. The molecule has 2 heterocycles. The van der Waals surface area contributed by atoms with E-state index in [1.54, 1.807) is 0 Å². The van der Waals surface area contributed by atoms with E-state index in [1.165, 1.54) is 16.7 Å². The van der Waals surface area contributed by atoms with Crippen LogP contribution in [0.25, 0.3) is 5.69 Å². The van der Waals surface area contributed by atoms with Crippen LogP contribution in [0, 0.1) is 34.6 Å². The topological polar surface area (TPSA) is 46.9 Å². The third kappa shape index (κ3) is 3.35. The molecule has 0 fully saturated rings. The van der Waals surface area contributed by atoms with Crippen molar-refractivity contribution in [3.63, 3.8) is 0 Å². The molecule has 144 valence electrons. The van der Waals surface area contributed by atoms with Gasteiger partial charge in [0, 0.05) is 22.6 Å². The van der Waals surface area contributed by atoms with Crippen LogP contribution >= 0.6 is 11.8 Å². The van der Waals surface area contributed by atoms with Gasteiger partial charge in [-0.1, -0.05) is 23.8 Å². The van der Waals surface area contributed by atoms with Gasteiger partial charge in [0.2, 0.25) is 0 Å². The summed E-state index contributed by atoms with van der Waals surface area (Å²) in [6.45, 7) is 10.2. The summed E-state index contributed by atoms with van der Waals surface area (Å²) in [5.41, 5.74) is 9.48. The Kier molecular flexibility index (Phi) is 4.79. The van der Waals surface area contributed by atoms with Crippen LogP contribution in [0.4, 0.5) is 5.82 Å². The van der Waals surface area contributed by atoms with Crippen molar-refractivity contribution < 1.29 is 4.79 Å². The molecule has 1 aliphatic heterocycles. The van der Waals surface area contributed by atoms with E-state index in [1.807, 2.05) is 30.3 Å². The number of nitrogens with one attached hydrogen (secondary N) is 1. The maximum absolute atomic E-state index is 13.2. The summed E-state index contributed by atoms with van der Waals surface area (Å²) in [5, 5.41) is 8.02. The van der Waals surface area contributed by atoms with E-state index in [9.17, 15) is 4.79 Å². The highest BCUT2D eigenvalue weighted by molar-refractivity contribution is 7.98. The zero-order valence-corrected chi connectivity index (χ0v) is 17.8. The summed E-state index contributed by atoms with van der Waals surface area (Å²) in [6, 6.07) is 10.5. The van der Waals surface area contributed by atoms with Gasteiger partial charge < -0.3 is 5.32 Å². The molecule has 0 radical (unpaired) electrons. The molecule has 1 aliphatic rings. The molecule has 1 amide bonds. The van der Waals surface area contributed by atoms with Gasteiger partial charge in [-0.25, -0.2) is 4.68 Å². The Morgan fingerprint density at radius 2 is 1.54 bits per heavy atom. The lowest BCUT2D eigenvalue weighted by molar-refractivity contribution is 0.102. The molecule has 0 unspecified atom stereocenters. The minimum absolute atomic E-state index is 0.0692. The number of anilines is 1. The van der Waals surface area contributed by atoms with E-state index in [0.717, 1.165) is 51.0 Å². The summed E-state index contributed by atoms with van der Waals surface area (Å²) >= 11 is 1.84. The van der Waals surface area contributed by atoms with Crippen LogP contribution in [-0.2, 0) is 11.5 Å². The predicted octanol–water partition coefficient (Wildman–Crippen LogP) is 5.41. The number of carbonyl (C=O) groups is 1. The summed E-state index contributed by atoms with van der Waals surface area (Å²) in [4.78, 5) is 13.2. The Balaban J connectivity index is 1.79. The number of aromatic nitrogens is 2. The van der Waals surface area contributed by atoms with Crippen molar-refractivity contribution in [3.05, 3.63) is 75.0 Å². The molecule has 4 nitrogen and oxygen atoms in total. The minimum atomic E-state index is -0.0692. The van der Waals surface area contributed by atoms with Gasteiger partial charge in [-0.15, -0.1) is 0 Å². The first-order chi connectivity index (χ1) is 13.3. The number of benzene rings is 2. The second-order valence-corrected chi connectivity index (χ2v) is 8.74. The number of rotatable bonds is 3. The fourth-order valence-electron chi connectivity index (χ4n) is 4.11. The van der Waals surface area contributed by atoms with Gasteiger partial charge in [0.1, 0.15) is 5.82 Å². The van der Waals surface area contributed by atoms with Crippen molar-refractivity contribution in [3.8, 4) is 5.69 Å². The molecule has 0 atom stereocenters. The third-order valence-electron chi connectivity index (χ3n) is 5.14. The SMILES string of the molecule is Cc1cc(C)cc(-n2nc3c(c2NC(=O)c2c(C)cc(C)cc2C)CSC3)c1. The first-order valence-electron chi connectivity index (χ1n) is 9.50. The van der Waals surface area contributed by atoms with Crippen LogP contribution in [0.2, 0.25) is 0 Å². The van der Waals surface area contributed by atoms with E-state index >= 15 is 0 Å². The molecule has 0 saturated heterocycles. The minimum Gasteiger partial charge on any atom is -0.306 e. The Hall–Kier alpha value is -2.53. The number of thioether (sulfide) groups is 1. The van der Waals surface area contributed by atoms with Gasteiger partial charge >= 0.3 is 0 Å². The largest absolute Gasteiger partial charge is 0.306 e. The Bertz CT molecular complexity index is 1050. The molecular weight excluding hydrogens is 366 g/mol. The predicted molar refractivity (Wildman–Crippen MR) is 117 cm³/mol. The Labute approximate surface area is 170 Å². The number of amides is 1. The van der Waals surface area contributed by atoms with Crippen molar-refractivity contribution in [2.24, 2.45) is 0 Å². The zero-order valence-electron chi connectivity index (χ0n) is 17.0. The first-order valence-corrected chi connectivity index (χ1v) is 10.7. The maximum Gasteiger partial charge on any atom is 0.257 e. The molecular formula is C23H25N3OS. The Morgan fingerprint density at radius 1 is 0.929 bits per heavy atom. The Morgan fingerprint density at radius 3 is 2.18 bits per heavy atom. The van der Waals surface area contributed by atoms with Crippen molar-refractivity contribution in [2.45, 2.75) is 46.1 Å². The summed E-state index contributed by atoms with van der Waals surface area (Å²) in [5.74, 6) is 2.50. The number of hydrogen-bond donors (Lipinski definition) is 1. The van der Waals surface area contributed by atoms with E-state index in [0.29, 0.717) is 0 Å². The van der Waals surface area contributed by atoms with Crippen LogP contribution < -0.4 is 5.32 Å². The highest BCUT2D eigenvalue weighted by Gasteiger charge is 2.26. The second-order valence-electron chi connectivity index (χ2n) is 7.75. The van der Waals surface area contributed by atoms with Crippen LogP contribution in [0.5, 0.6) is 0 Å². The molecule has 0 spiro atoms. The highest BCUT2D eigenvalue weighted by atomic mass is 32.2. The number of carbonyl (C=O) groups excluding carboxylic acids is 1. The molecule has 4 rings (SSSR count). The van der Waals surface area contributed by atoms with Gasteiger partial charge in [0.25, 0.3) is 5.91 Å². The quantitative estimate of drug-likeness (QED) is 0.649. The number of nitrogens with zero attached hydrogens (tertiary/aromatic N) is 2. The number of aryl methyl sites for hydroxylation is 5. The lowest BCUT2D eigenvalue weighted by atomic mass is 9.99. The van der Waals surface area contributed by atoms with E-state index < -0.39 is 0 Å². The maximum atomic E-state index is 13.2. The van der Waals surface area contributed by atoms with Gasteiger partial charge in [-0.2, -0.15) is 16.9 Å². The van der Waals surface area contributed by atoms with Crippen molar-refractivity contribution in [1.82, 2.24) is 9.78 Å². The van der Waals surface area contributed by atoms with E-state index in [2.05, 4.69) is 56.4 Å². The lowest BCUT2D eigenvalue weighted by Gasteiger charge is -2.15. The van der Waals surface area contributed by atoms with Crippen molar-refractivity contribution >= 4 is 23.5 Å². The molecule has 5 heteroatoms. The first kappa shape index (κ1) is 18.8. The van der Waals surface area contributed by atoms with Gasteiger partial charge in [0.05, 0.1) is 11.4 Å². The molecule has 1 aromatic heterocycles. The normalized spacial score (nSPS) is 12.9. The monoisotopic (exact) mass is 391 g/mol. The molecule has 3 aromatic rings. The fourth-order valence-corrected chi connectivity index (χ4v) is 5.14. The molecule has 0 saturated carbocycles. The van der Waals surface area contributed by atoms with Crippen LogP contribution in [-0.4, -0.2) is 15.7 Å². The van der Waals surface area contributed by atoms with Gasteiger partial charge in [0.15, 0.2) is 0 Å². The summed E-state index contributed by atoms with van der Waals surface area (Å²) in [7, 11) is 0. The third-order valence-corrected chi connectivity index (χ3v) is 6.11. The number of hydrogen-bond acceptors (Lipinski definition) is 3. The number of fused-ring (bicyclic) bond motifs is 1. The molecule has 2 aromatic carbocycles. The standard InChI is InChI=1S/C23H25N3OS/c1-13-6-14(2)10-18(9-13)26-22(19-11-28-12-20(19)25-26)24-23(27)21-16(4)7-15(3)8-17(21)5/h6-10H,11-12H2,1-5H3,(H,24,27). The summed E-state index contributed by atoms with van der Waals surface area (Å²) < 4.78 is 1.90. The second kappa shape index (κ2) is 7.13.